The summed E-state index contributed by atoms with van der Waals surface area (Å²) in [6, 6.07) is 5.85. The second kappa shape index (κ2) is 6.56. The number of amides is 1. The Balaban J connectivity index is 1.77. The van der Waals surface area contributed by atoms with Gasteiger partial charge in [0.25, 0.3) is 0 Å². The van der Waals surface area contributed by atoms with Crippen molar-refractivity contribution in [2.45, 2.75) is 44.7 Å². The number of carbonyl (C=O) groups excluding carboxylic acids is 1. The first-order valence-electron chi connectivity index (χ1n) is 8.31. The maximum Gasteiger partial charge on any atom is 0.243 e. The molecule has 3 rings (SSSR count). The second-order valence-electron chi connectivity index (χ2n) is 7.00. The van der Waals surface area contributed by atoms with Gasteiger partial charge in [0.1, 0.15) is 6.04 Å². The smallest absolute Gasteiger partial charge is 0.243 e. The van der Waals surface area contributed by atoms with Crippen LogP contribution in [-0.4, -0.2) is 32.7 Å². The van der Waals surface area contributed by atoms with Crippen LogP contribution in [-0.2, 0) is 14.8 Å². The highest BCUT2D eigenvalue weighted by atomic mass is 35.5. The van der Waals surface area contributed by atoms with Gasteiger partial charge in [0.05, 0.1) is 11.9 Å². The summed E-state index contributed by atoms with van der Waals surface area (Å²) in [5.41, 5.74) is 0.442. The van der Waals surface area contributed by atoms with Crippen molar-refractivity contribution in [3.8, 4) is 0 Å². The largest absolute Gasteiger partial charge is 0.351 e. The number of hydrogen-bond donors (Lipinski definition) is 1. The fourth-order valence-corrected chi connectivity index (χ4v) is 5.42. The van der Waals surface area contributed by atoms with E-state index in [1.807, 2.05) is 0 Å². The fraction of sp³-hybridized carbons (Fsp3) is 0.588. The Morgan fingerprint density at radius 2 is 1.92 bits per heavy atom. The maximum absolute atomic E-state index is 12.7. The van der Waals surface area contributed by atoms with Crippen LogP contribution in [0.15, 0.2) is 24.3 Å². The number of rotatable bonds is 5. The number of anilines is 1. The molecule has 0 radical (unpaired) electrons. The SMILES string of the molecule is C[C@H](C(=O)N[C@H]1C[C@@H]2CC[C@@H]1C2)N(c1ccc(Cl)cc1)S(C)(=O)=O. The zero-order valence-corrected chi connectivity index (χ0v) is 15.5. The summed E-state index contributed by atoms with van der Waals surface area (Å²) in [6.07, 6.45) is 5.74. The molecule has 1 N–H and O–H groups in total. The molecule has 132 valence electrons. The van der Waals surface area contributed by atoms with Gasteiger partial charge in [-0.3, -0.25) is 9.10 Å². The van der Waals surface area contributed by atoms with Crippen molar-refractivity contribution in [1.29, 1.82) is 0 Å². The Labute approximate surface area is 148 Å². The third-order valence-corrected chi connectivity index (χ3v) is 6.73. The minimum atomic E-state index is -3.59. The van der Waals surface area contributed by atoms with Crippen molar-refractivity contribution in [2.75, 3.05) is 10.6 Å². The molecule has 0 aliphatic heterocycles. The van der Waals surface area contributed by atoms with Crippen molar-refractivity contribution in [3.63, 3.8) is 0 Å². The van der Waals surface area contributed by atoms with Crippen molar-refractivity contribution < 1.29 is 13.2 Å². The molecule has 24 heavy (non-hydrogen) atoms. The van der Waals surface area contributed by atoms with Gasteiger partial charge < -0.3 is 5.32 Å². The highest BCUT2D eigenvalue weighted by molar-refractivity contribution is 7.92. The van der Waals surface area contributed by atoms with Crippen molar-refractivity contribution >= 4 is 33.2 Å². The fourth-order valence-electron chi connectivity index (χ4n) is 4.12. The van der Waals surface area contributed by atoms with Crippen LogP contribution in [0.25, 0.3) is 0 Å². The highest BCUT2D eigenvalue weighted by Gasteiger charge is 2.41. The molecule has 0 heterocycles. The number of hydrogen-bond acceptors (Lipinski definition) is 3. The van der Waals surface area contributed by atoms with E-state index in [9.17, 15) is 13.2 Å². The molecule has 0 spiro atoms. The molecule has 1 aromatic rings. The van der Waals surface area contributed by atoms with Gasteiger partial charge in [-0.1, -0.05) is 18.0 Å². The summed E-state index contributed by atoms with van der Waals surface area (Å²) >= 11 is 5.87. The molecule has 7 heteroatoms. The number of halogens is 1. The molecule has 2 aliphatic carbocycles. The number of nitrogens with one attached hydrogen (secondary N) is 1. The van der Waals surface area contributed by atoms with E-state index in [1.54, 1.807) is 31.2 Å². The number of carbonyl (C=O) groups is 1. The molecule has 1 aromatic carbocycles. The molecule has 0 unspecified atom stereocenters. The summed E-state index contributed by atoms with van der Waals surface area (Å²) in [5.74, 6) is 1.03. The minimum Gasteiger partial charge on any atom is -0.351 e. The van der Waals surface area contributed by atoms with E-state index in [2.05, 4.69) is 5.32 Å². The van der Waals surface area contributed by atoms with Crippen LogP contribution in [0.1, 0.15) is 32.6 Å². The molecule has 1 amide bonds. The monoisotopic (exact) mass is 370 g/mol. The number of nitrogens with zero attached hydrogens (tertiary/aromatic N) is 1. The number of benzene rings is 1. The maximum atomic E-state index is 12.7. The van der Waals surface area contributed by atoms with Crippen LogP contribution in [0.4, 0.5) is 5.69 Å². The van der Waals surface area contributed by atoms with E-state index in [1.165, 1.54) is 12.8 Å². The Kier molecular flexibility index (Phi) is 4.80. The van der Waals surface area contributed by atoms with Crippen LogP contribution in [0.5, 0.6) is 0 Å². The molecule has 4 atom stereocenters. The lowest BCUT2D eigenvalue weighted by Crippen LogP contribution is -2.51. The van der Waals surface area contributed by atoms with E-state index < -0.39 is 16.1 Å². The Morgan fingerprint density at radius 3 is 2.42 bits per heavy atom. The zero-order valence-electron chi connectivity index (χ0n) is 13.9. The molecule has 0 saturated heterocycles. The zero-order chi connectivity index (χ0) is 17.5. The lowest BCUT2D eigenvalue weighted by Gasteiger charge is -2.31. The third kappa shape index (κ3) is 3.54. The van der Waals surface area contributed by atoms with Gasteiger partial charge in [-0.15, -0.1) is 0 Å². The second-order valence-corrected chi connectivity index (χ2v) is 9.30. The first kappa shape index (κ1) is 17.5. The molecule has 0 aromatic heterocycles. The van der Waals surface area contributed by atoms with E-state index in [-0.39, 0.29) is 11.9 Å². The van der Waals surface area contributed by atoms with Crippen molar-refractivity contribution in [2.24, 2.45) is 11.8 Å². The van der Waals surface area contributed by atoms with E-state index in [0.29, 0.717) is 16.6 Å². The van der Waals surface area contributed by atoms with Gasteiger partial charge in [0.2, 0.25) is 15.9 Å². The summed E-state index contributed by atoms with van der Waals surface area (Å²) < 4.78 is 25.6. The lowest BCUT2D eigenvalue weighted by molar-refractivity contribution is -0.122. The number of fused-ring (bicyclic) bond motifs is 2. The summed E-state index contributed by atoms with van der Waals surface area (Å²) in [5, 5.41) is 3.59. The first-order chi connectivity index (χ1) is 11.3. The Hall–Kier alpha value is -1.27. The van der Waals surface area contributed by atoms with Gasteiger partial charge in [-0.2, -0.15) is 0 Å². The topological polar surface area (TPSA) is 66.5 Å². The van der Waals surface area contributed by atoms with Crippen molar-refractivity contribution in [3.05, 3.63) is 29.3 Å². The minimum absolute atomic E-state index is 0.185. The summed E-state index contributed by atoms with van der Waals surface area (Å²) in [7, 11) is -3.59. The predicted octanol–water partition coefficient (Wildman–Crippen LogP) is 2.80. The Morgan fingerprint density at radius 1 is 1.25 bits per heavy atom. The third-order valence-electron chi connectivity index (χ3n) is 5.24. The van der Waals surface area contributed by atoms with Gasteiger partial charge in [0, 0.05) is 11.1 Å². The van der Waals surface area contributed by atoms with E-state index in [4.69, 9.17) is 11.6 Å². The van der Waals surface area contributed by atoms with Crippen LogP contribution in [0, 0.1) is 11.8 Å². The molecule has 2 fully saturated rings. The first-order valence-corrected chi connectivity index (χ1v) is 10.5. The lowest BCUT2D eigenvalue weighted by atomic mass is 9.95. The molecule has 2 bridgehead atoms. The van der Waals surface area contributed by atoms with Crippen LogP contribution in [0.3, 0.4) is 0 Å². The molecule has 2 saturated carbocycles. The highest BCUT2D eigenvalue weighted by Crippen LogP contribution is 2.44. The van der Waals surface area contributed by atoms with Crippen molar-refractivity contribution in [1.82, 2.24) is 5.32 Å². The van der Waals surface area contributed by atoms with Gasteiger partial charge in [-0.25, -0.2) is 8.42 Å². The Bertz CT molecular complexity index is 720. The normalized spacial score (nSPS) is 27.0. The van der Waals surface area contributed by atoms with Crippen LogP contribution >= 0.6 is 11.6 Å². The molecule has 2 aliphatic rings. The molecule has 5 nitrogen and oxygen atoms in total. The van der Waals surface area contributed by atoms with E-state index >= 15 is 0 Å². The van der Waals surface area contributed by atoms with Crippen LogP contribution < -0.4 is 9.62 Å². The molecular formula is C17H23ClN2O3S. The summed E-state index contributed by atoms with van der Waals surface area (Å²) in [6.45, 7) is 1.62. The average Bonchev–Trinajstić information content (AvgIpc) is 3.10. The van der Waals surface area contributed by atoms with Gasteiger partial charge in [0.15, 0.2) is 0 Å². The standard InChI is InChI=1S/C17H23ClN2O3S/c1-11(17(21)19-16-10-12-3-4-13(16)9-12)20(24(2,22)23)15-7-5-14(18)6-8-15/h5-8,11-13,16H,3-4,9-10H2,1-2H3,(H,19,21)/t11-,12-,13-,16+/m1/s1. The quantitative estimate of drug-likeness (QED) is 0.866. The summed E-state index contributed by atoms with van der Waals surface area (Å²) in [4.78, 5) is 12.7. The van der Waals surface area contributed by atoms with E-state index in [0.717, 1.165) is 29.3 Å². The predicted molar refractivity (Wildman–Crippen MR) is 95.6 cm³/mol. The van der Waals surface area contributed by atoms with Crippen LogP contribution in [0.2, 0.25) is 5.02 Å². The average molecular weight is 371 g/mol. The number of sulfonamides is 1. The van der Waals surface area contributed by atoms with Gasteiger partial charge in [-0.05, 0) is 62.3 Å². The molecular weight excluding hydrogens is 348 g/mol. The van der Waals surface area contributed by atoms with Gasteiger partial charge >= 0.3 is 0 Å².